The molecule has 1 heterocycles. The van der Waals surface area contributed by atoms with Gasteiger partial charge in [-0.1, -0.05) is 28.9 Å². The summed E-state index contributed by atoms with van der Waals surface area (Å²) in [5.41, 5.74) is 1.48. The number of hydrogen-bond acceptors (Lipinski definition) is 1. The SMILES string of the molecule is CCCn1cccc1C(=O)Nc1cccc(Br)c1. The molecule has 2 aromatic rings. The van der Waals surface area contributed by atoms with Gasteiger partial charge in [0.2, 0.25) is 0 Å². The van der Waals surface area contributed by atoms with E-state index in [0.29, 0.717) is 5.69 Å². The van der Waals surface area contributed by atoms with Gasteiger partial charge >= 0.3 is 0 Å². The molecule has 94 valence electrons. The maximum Gasteiger partial charge on any atom is 0.272 e. The molecule has 0 atom stereocenters. The first-order chi connectivity index (χ1) is 8.70. The van der Waals surface area contributed by atoms with Crippen LogP contribution in [0.3, 0.4) is 0 Å². The summed E-state index contributed by atoms with van der Waals surface area (Å²) in [5.74, 6) is -0.0773. The largest absolute Gasteiger partial charge is 0.344 e. The lowest BCUT2D eigenvalue weighted by molar-refractivity contribution is 0.101. The maximum atomic E-state index is 12.1. The minimum absolute atomic E-state index is 0.0773. The highest BCUT2D eigenvalue weighted by atomic mass is 79.9. The van der Waals surface area contributed by atoms with E-state index in [1.54, 1.807) is 0 Å². The van der Waals surface area contributed by atoms with Crippen molar-refractivity contribution in [2.75, 3.05) is 5.32 Å². The summed E-state index contributed by atoms with van der Waals surface area (Å²) in [6, 6.07) is 11.3. The molecule has 3 nitrogen and oxygen atoms in total. The number of benzene rings is 1. The number of aromatic nitrogens is 1. The second kappa shape index (κ2) is 5.87. The lowest BCUT2D eigenvalue weighted by Crippen LogP contribution is -2.16. The van der Waals surface area contributed by atoms with Gasteiger partial charge in [0.25, 0.3) is 5.91 Å². The van der Waals surface area contributed by atoms with E-state index in [1.165, 1.54) is 0 Å². The molecule has 0 saturated heterocycles. The number of carbonyl (C=O) groups is 1. The minimum atomic E-state index is -0.0773. The number of amides is 1. The average Bonchev–Trinajstić information content (AvgIpc) is 2.78. The van der Waals surface area contributed by atoms with Crippen molar-refractivity contribution >= 4 is 27.5 Å². The molecule has 0 aliphatic carbocycles. The predicted octanol–water partition coefficient (Wildman–Crippen LogP) is 3.91. The molecule has 0 unspecified atom stereocenters. The minimum Gasteiger partial charge on any atom is -0.344 e. The Balaban J connectivity index is 2.14. The fourth-order valence-corrected chi connectivity index (χ4v) is 2.22. The van der Waals surface area contributed by atoms with Crippen LogP contribution in [0.1, 0.15) is 23.8 Å². The van der Waals surface area contributed by atoms with Gasteiger partial charge in [-0.15, -0.1) is 0 Å². The Labute approximate surface area is 115 Å². The van der Waals surface area contributed by atoms with E-state index in [9.17, 15) is 4.79 Å². The molecule has 1 amide bonds. The summed E-state index contributed by atoms with van der Waals surface area (Å²) in [6.07, 6.45) is 2.94. The van der Waals surface area contributed by atoms with Crippen LogP contribution in [0.4, 0.5) is 5.69 Å². The molecule has 1 aromatic carbocycles. The number of nitrogens with one attached hydrogen (secondary N) is 1. The third-order valence-corrected chi connectivity index (χ3v) is 3.10. The molecule has 1 N–H and O–H groups in total. The van der Waals surface area contributed by atoms with Gasteiger partial charge in [0.15, 0.2) is 0 Å². The van der Waals surface area contributed by atoms with E-state index in [0.717, 1.165) is 23.1 Å². The van der Waals surface area contributed by atoms with E-state index in [-0.39, 0.29) is 5.91 Å². The van der Waals surface area contributed by atoms with E-state index < -0.39 is 0 Å². The molecule has 0 saturated carbocycles. The highest BCUT2D eigenvalue weighted by molar-refractivity contribution is 9.10. The number of anilines is 1. The molecule has 0 aliphatic heterocycles. The third kappa shape index (κ3) is 3.01. The summed E-state index contributed by atoms with van der Waals surface area (Å²) in [7, 11) is 0. The van der Waals surface area contributed by atoms with E-state index in [4.69, 9.17) is 0 Å². The monoisotopic (exact) mass is 306 g/mol. The Morgan fingerprint density at radius 3 is 2.89 bits per heavy atom. The van der Waals surface area contributed by atoms with Crippen LogP contribution in [0.25, 0.3) is 0 Å². The topological polar surface area (TPSA) is 34.0 Å². The molecule has 0 radical (unpaired) electrons. The Morgan fingerprint density at radius 1 is 1.33 bits per heavy atom. The van der Waals surface area contributed by atoms with Crippen LogP contribution in [0, 0.1) is 0 Å². The highest BCUT2D eigenvalue weighted by Gasteiger charge is 2.10. The van der Waals surface area contributed by atoms with Gasteiger partial charge in [0.1, 0.15) is 5.69 Å². The summed E-state index contributed by atoms with van der Waals surface area (Å²) in [4.78, 5) is 12.1. The molecule has 0 fully saturated rings. The van der Waals surface area contributed by atoms with Crippen LogP contribution >= 0.6 is 15.9 Å². The zero-order chi connectivity index (χ0) is 13.0. The molecule has 2 rings (SSSR count). The molecule has 1 aromatic heterocycles. The standard InChI is InChI=1S/C14H15BrN2O/c1-2-8-17-9-4-7-13(17)14(18)16-12-6-3-5-11(15)10-12/h3-7,9-10H,2,8H2,1H3,(H,16,18). The van der Waals surface area contributed by atoms with Gasteiger partial charge in [-0.05, 0) is 36.8 Å². The number of aryl methyl sites for hydroxylation is 1. The van der Waals surface area contributed by atoms with Crippen LogP contribution in [0.15, 0.2) is 47.1 Å². The fraction of sp³-hybridized carbons (Fsp3) is 0.214. The van der Waals surface area contributed by atoms with Crippen molar-refractivity contribution in [1.29, 1.82) is 0 Å². The lowest BCUT2D eigenvalue weighted by atomic mass is 10.3. The van der Waals surface area contributed by atoms with E-state index >= 15 is 0 Å². The number of nitrogens with zero attached hydrogens (tertiary/aromatic N) is 1. The van der Waals surface area contributed by atoms with Crippen molar-refractivity contribution in [2.24, 2.45) is 0 Å². The van der Waals surface area contributed by atoms with Crippen molar-refractivity contribution in [3.05, 3.63) is 52.8 Å². The van der Waals surface area contributed by atoms with E-state index in [1.807, 2.05) is 47.2 Å². The first kappa shape index (κ1) is 12.9. The second-order valence-electron chi connectivity index (χ2n) is 4.05. The maximum absolute atomic E-state index is 12.1. The van der Waals surface area contributed by atoms with Crippen LogP contribution in [0.5, 0.6) is 0 Å². The number of halogens is 1. The average molecular weight is 307 g/mol. The molecular formula is C14H15BrN2O. The zero-order valence-electron chi connectivity index (χ0n) is 10.2. The van der Waals surface area contributed by atoms with Crippen molar-refractivity contribution in [2.45, 2.75) is 19.9 Å². The zero-order valence-corrected chi connectivity index (χ0v) is 11.8. The van der Waals surface area contributed by atoms with Gasteiger partial charge < -0.3 is 9.88 Å². The molecular weight excluding hydrogens is 292 g/mol. The summed E-state index contributed by atoms with van der Waals surface area (Å²) >= 11 is 3.38. The van der Waals surface area contributed by atoms with Crippen molar-refractivity contribution in [3.8, 4) is 0 Å². The highest BCUT2D eigenvalue weighted by Crippen LogP contribution is 2.16. The Hall–Kier alpha value is -1.55. The van der Waals surface area contributed by atoms with Gasteiger partial charge in [0.05, 0.1) is 0 Å². The Morgan fingerprint density at radius 2 is 2.17 bits per heavy atom. The van der Waals surface area contributed by atoms with Gasteiger partial charge in [-0.25, -0.2) is 0 Å². The van der Waals surface area contributed by atoms with Crippen LogP contribution in [-0.4, -0.2) is 10.5 Å². The van der Waals surface area contributed by atoms with Gasteiger partial charge in [-0.3, -0.25) is 4.79 Å². The molecule has 0 spiro atoms. The summed E-state index contributed by atoms with van der Waals surface area (Å²) in [5, 5.41) is 2.89. The fourth-order valence-electron chi connectivity index (χ4n) is 1.82. The quantitative estimate of drug-likeness (QED) is 0.913. The Bertz CT molecular complexity index is 548. The third-order valence-electron chi connectivity index (χ3n) is 2.61. The molecule has 0 bridgehead atoms. The van der Waals surface area contributed by atoms with Crippen molar-refractivity contribution < 1.29 is 4.79 Å². The number of rotatable bonds is 4. The first-order valence-corrected chi connectivity index (χ1v) is 6.72. The molecule has 4 heteroatoms. The predicted molar refractivity (Wildman–Crippen MR) is 76.8 cm³/mol. The van der Waals surface area contributed by atoms with Crippen LogP contribution < -0.4 is 5.32 Å². The molecule has 18 heavy (non-hydrogen) atoms. The molecule has 0 aliphatic rings. The number of carbonyl (C=O) groups excluding carboxylic acids is 1. The van der Waals surface area contributed by atoms with Gasteiger partial charge in [-0.2, -0.15) is 0 Å². The van der Waals surface area contributed by atoms with Crippen molar-refractivity contribution in [3.63, 3.8) is 0 Å². The van der Waals surface area contributed by atoms with Crippen molar-refractivity contribution in [1.82, 2.24) is 4.57 Å². The van der Waals surface area contributed by atoms with Gasteiger partial charge in [0, 0.05) is 22.9 Å². The second-order valence-corrected chi connectivity index (χ2v) is 4.97. The van der Waals surface area contributed by atoms with Crippen LogP contribution in [-0.2, 0) is 6.54 Å². The first-order valence-electron chi connectivity index (χ1n) is 5.92. The smallest absolute Gasteiger partial charge is 0.272 e. The normalized spacial score (nSPS) is 10.3. The van der Waals surface area contributed by atoms with E-state index in [2.05, 4.69) is 28.2 Å². The lowest BCUT2D eigenvalue weighted by Gasteiger charge is -2.09. The summed E-state index contributed by atoms with van der Waals surface area (Å²) in [6.45, 7) is 2.95. The number of hydrogen-bond donors (Lipinski definition) is 1. The Kier molecular flexibility index (Phi) is 4.20. The summed E-state index contributed by atoms with van der Waals surface area (Å²) < 4.78 is 2.91. The van der Waals surface area contributed by atoms with Crippen LogP contribution in [0.2, 0.25) is 0 Å².